The van der Waals surface area contributed by atoms with Crippen LogP contribution in [0, 0.1) is 0 Å². The van der Waals surface area contributed by atoms with Crippen molar-refractivity contribution < 1.29 is 18.3 Å². The van der Waals surface area contributed by atoms with Crippen LogP contribution in [0.25, 0.3) is 45.2 Å². The Morgan fingerprint density at radius 3 is 1.47 bits per heavy atom. The van der Waals surface area contributed by atoms with Gasteiger partial charge in [-0.05, 0) is 113 Å². The second-order valence-corrected chi connectivity index (χ2v) is 15.2. The number of imidazole rings is 2. The lowest BCUT2D eigenvalue weighted by atomic mass is 10.2. The minimum Gasteiger partial charge on any atom is -0.487 e. The van der Waals surface area contributed by atoms with E-state index >= 15 is 0 Å². The first-order chi connectivity index (χ1) is 30.1. The van der Waals surface area contributed by atoms with Gasteiger partial charge < -0.3 is 39.7 Å². The maximum absolute atomic E-state index is 6.17. The van der Waals surface area contributed by atoms with E-state index in [9.17, 15) is 0 Å². The molecule has 6 aromatic heterocycles. The van der Waals surface area contributed by atoms with Gasteiger partial charge in [0.2, 0.25) is 0 Å². The maximum atomic E-state index is 6.17. The van der Waals surface area contributed by atoms with Crippen molar-refractivity contribution in [3.63, 3.8) is 0 Å². The fourth-order valence-corrected chi connectivity index (χ4v) is 6.69. The van der Waals surface area contributed by atoms with Crippen molar-refractivity contribution >= 4 is 33.7 Å². The Hall–Kier alpha value is -8.02. The van der Waals surface area contributed by atoms with Gasteiger partial charge in [-0.1, -0.05) is 10.4 Å². The number of fused-ring (bicyclic) bond motifs is 2. The molecule has 0 aliphatic heterocycles. The predicted molar refractivity (Wildman–Crippen MR) is 233 cm³/mol. The fourth-order valence-electron chi connectivity index (χ4n) is 6.69. The Balaban J connectivity index is 0.734. The number of nitrogens with zero attached hydrogens (tertiary/aromatic N) is 10. The lowest BCUT2D eigenvalue weighted by Gasteiger charge is -2.06. The molecule has 9 rings (SSSR count). The number of aromatic nitrogens is 10. The largest absolute Gasteiger partial charge is 0.487 e. The number of furan rings is 2. The lowest BCUT2D eigenvalue weighted by Crippen LogP contribution is -2.15. The second-order valence-electron chi connectivity index (χ2n) is 15.2. The highest BCUT2D eigenvalue weighted by molar-refractivity contribution is 6.01. The molecule has 18 nitrogen and oxygen atoms in total. The van der Waals surface area contributed by atoms with Crippen LogP contribution >= 0.6 is 0 Å². The highest BCUT2D eigenvalue weighted by Crippen LogP contribution is 2.26. The Morgan fingerprint density at radius 2 is 1.05 bits per heavy atom. The van der Waals surface area contributed by atoms with E-state index in [4.69, 9.17) is 29.8 Å². The first-order valence-corrected chi connectivity index (χ1v) is 20.1. The number of H-pyrrole nitrogens is 2. The van der Waals surface area contributed by atoms with E-state index in [1.807, 2.05) is 125 Å². The molecule has 9 aromatic rings. The molecule has 0 saturated carbocycles. The van der Waals surface area contributed by atoms with Gasteiger partial charge in [-0.15, -0.1) is 10.2 Å². The van der Waals surface area contributed by atoms with Crippen molar-refractivity contribution in [2.45, 2.75) is 66.1 Å². The van der Waals surface area contributed by atoms with Gasteiger partial charge in [0.05, 0.1) is 34.5 Å². The topological polar surface area (TPSA) is 240 Å². The SMILES string of the molecule is CC(C)N=C(N)c1ccc2nc(-c3ccc(Cn4cc(COc5ccc(OCc6cn(Cc7ccc(-c8nc9ccc(C(N)=NC(C)C)cc9[nH]8)o7)nn6)cc5)nn4)o3)[nH]c2c1. The zero-order chi connectivity index (χ0) is 42.7. The average molecular weight is 833 g/mol. The monoisotopic (exact) mass is 832 g/mol. The number of amidine groups is 2. The Bertz CT molecular complexity index is 2830. The number of nitrogens with one attached hydrogen (secondary N) is 2. The van der Waals surface area contributed by atoms with Crippen LogP contribution < -0.4 is 20.9 Å². The quantitative estimate of drug-likeness (QED) is 0.0593. The summed E-state index contributed by atoms with van der Waals surface area (Å²) in [6.07, 6.45) is 3.64. The molecule has 0 aliphatic rings. The minimum absolute atomic E-state index is 0.105. The maximum Gasteiger partial charge on any atom is 0.174 e. The molecule has 62 heavy (non-hydrogen) atoms. The summed E-state index contributed by atoms with van der Waals surface area (Å²) in [5, 5.41) is 17.0. The van der Waals surface area contributed by atoms with Gasteiger partial charge in [-0.3, -0.25) is 9.98 Å². The summed E-state index contributed by atoms with van der Waals surface area (Å²) in [5.41, 5.74) is 18.6. The average Bonchev–Trinajstić information content (AvgIpc) is 4.11. The third-order valence-corrected chi connectivity index (χ3v) is 9.54. The van der Waals surface area contributed by atoms with E-state index in [1.165, 1.54) is 0 Å². The van der Waals surface area contributed by atoms with Crippen LogP contribution in [0.2, 0.25) is 0 Å². The molecule has 18 heteroatoms. The molecule has 3 aromatic carbocycles. The molecule has 0 radical (unpaired) electrons. The summed E-state index contributed by atoms with van der Waals surface area (Å²) in [6.45, 7) is 9.20. The molecule has 0 amide bonds. The van der Waals surface area contributed by atoms with E-state index in [1.54, 1.807) is 9.36 Å². The third-order valence-electron chi connectivity index (χ3n) is 9.54. The number of rotatable bonds is 16. The van der Waals surface area contributed by atoms with Crippen molar-refractivity contribution in [2.24, 2.45) is 21.5 Å². The van der Waals surface area contributed by atoms with Gasteiger partial charge in [0.1, 0.15) is 72.4 Å². The van der Waals surface area contributed by atoms with E-state index in [2.05, 4.69) is 50.5 Å². The highest BCUT2D eigenvalue weighted by atomic mass is 16.5. The van der Waals surface area contributed by atoms with E-state index in [0.29, 0.717) is 82.3 Å². The van der Waals surface area contributed by atoms with Gasteiger partial charge in [0.25, 0.3) is 0 Å². The molecule has 0 spiro atoms. The van der Waals surface area contributed by atoms with Crippen molar-refractivity contribution in [2.75, 3.05) is 0 Å². The van der Waals surface area contributed by atoms with Crippen LogP contribution in [0.3, 0.4) is 0 Å². The van der Waals surface area contributed by atoms with Crippen LogP contribution in [0.1, 0.15) is 61.7 Å². The van der Waals surface area contributed by atoms with Crippen LogP contribution in [0.15, 0.2) is 116 Å². The van der Waals surface area contributed by atoms with Crippen LogP contribution in [-0.4, -0.2) is 73.7 Å². The number of benzene rings is 3. The van der Waals surface area contributed by atoms with Crippen molar-refractivity contribution in [1.29, 1.82) is 0 Å². The smallest absolute Gasteiger partial charge is 0.174 e. The highest BCUT2D eigenvalue weighted by Gasteiger charge is 2.15. The molecule has 314 valence electrons. The standard InChI is InChI=1S/C44H44N14O4/c1-25(2)47-41(45)27-5-13-35-37(17-27)51-43(49-35)39-15-11-33(61-39)21-57-19-29(53-55-57)23-59-31-7-9-32(10-8-31)60-24-30-20-58(56-54-30)22-34-12-16-40(62-34)44-50-36-14-6-28(18-38(36)52-44)42(46)48-26(3)4/h5-20,25-26H,21-24H2,1-4H3,(H2,45,47)(H2,46,48)(H,49,51)(H,50,52). The predicted octanol–water partition coefficient (Wildman–Crippen LogP) is 6.62. The molecule has 6 N–H and O–H groups in total. The molecule has 0 saturated heterocycles. The van der Waals surface area contributed by atoms with Gasteiger partial charge in [0, 0.05) is 23.2 Å². The van der Waals surface area contributed by atoms with Crippen LogP contribution in [0.5, 0.6) is 11.5 Å². The summed E-state index contributed by atoms with van der Waals surface area (Å²) in [6, 6.07) is 26.6. The molecule has 6 heterocycles. The van der Waals surface area contributed by atoms with Crippen molar-refractivity contribution in [1.82, 2.24) is 49.9 Å². The fraction of sp³-hybridized carbons (Fsp3) is 0.227. The summed E-state index contributed by atoms with van der Waals surface area (Å²) in [4.78, 5) is 24.9. The van der Waals surface area contributed by atoms with E-state index in [-0.39, 0.29) is 25.3 Å². The summed E-state index contributed by atoms with van der Waals surface area (Å²) in [5.74, 6) is 6.15. The molecule has 0 unspecified atom stereocenters. The Labute approximate surface area is 354 Å². The molecular formula is C44H44N14O4. The van der Waals surface area contributed by atoms with Crippen molar-refractivity contribution in [3.05, 3.63) is 131 Å². The molecule has 0 fully saturated rings. The number of aliphatic imine (C=N–C) groups is 2. The van der Waals surface area contributed by atoms with Crippen LogP contribution in [0.4, 0.5) is 0 Å². The number of hydrogen-bond acceptors (Lipinski definition) is 12. The van der Waals surface area contributed by atoms with Gasteiger partial charge in [-0.25, -0.2) is 19.3 Å². The molecular weight excluding hydrogens is 789 g/mol. The molecule has 0 atom stereocenters. The van der Waals surface area contributed by atoms with E-state index < -0.39 is 0 Å². The summed E-state index contributed by atoms with van der Waals surface area (Å²) >= 11 is 0. The zero-order valence-corrected chi connectivity index (χ0v) is 34.5. The van der Waals surface area contributed by atoms with Gasteiger partial charge in [0.15, 0.2) is 23.2 Å². The Kier molecular flexibility index (Phi) is 10.8. The summed E-state index contributed by atoms with van der Waals surface area (Å²) in [7, 11) is 0. The molecule has 0 aliphatic carbocycles. The summed E-state index contributed by atoms with van der Waals surface area (Å²) < 4.78 is 27.5. The zero-order valence-electron chi connectivity index (χ0n) is 34.5. The number of hydrogen-bond donors (Lipinski definition) is 4. The number of ether oxygens (including phenoxy) is 2. The van der Waals surface area contributed by atoms with Gasteiger partial charge >= 0.3 is 0 Å². The number of aromatic amines is 2. The molecule has 0 bridgehead atoms. The van der Waals surface area contributed by atoms with Crippen molar-refractivity contribution in [3.8, 4) is 34.7 Å². The number of nitrogens with two attached hydrogens (primary N) is 2. The van der Waals surface area contributed by atoms with Gasteiger partial charge in [-0.2, -0.15) is 0 Å². The first-order valence-electron chi connectivity index (χ1n) is 20.1. The minimum atomic E-state index is 0.105. The van der Waals surface area contributed by atoms with E-state index in [0.717, 1.165) is 33.2 Å². The third kappa shape index (κ3) is 9.08. The Morgan fingerprint density at radius 1 is 0.613 bits per heavy atom. The normalized spacial score (nSPS) is 12.4. The lowest BCUT2D eigenvalue weighted by molar-refractivity contribution is 0.292. The van der Waals surface area contributed by atoms with Crippen LogP contribution in [-0.2, 0) is 26.3 Å². The second kappa shape index (κ2) is 16.9. The first kappa shape index (κ1) is 39.4.